The Bertz CT molecular complexity index is 1190. The van der Waals surface area contributed by atoms with Crippen LogP contribution < -0.4 is 4.74 Å². The number of nitro groups is 1. The lowest BCUT2D eigenvalue weighted by molar-refractivity contribution is -0.389. The zero-order chi connectivity index (χ0) is 27.1. The fourth-order valence-corrected chi connectivity index (χ4v) is 4.11. The molecule has 0 spiro atoms. The molecule has 0 N–H and O–H groups in total. The fraction of sp³-hybridized carbons (Fsp3) is 0.481. The van der Waals surface area contributed by atoms with E-state index in [4.69, 9.17) is 9.72 Å². The summed E-state index contributed by atoms with van der Waals surface area (Å²) in [5.74, 6) is -0.325. The maximum Gasteiger partial charge on any atom is 0.414 e. The molecule has 4 heterocycles. The van der Waals surface area contributed by atoms with Crippen molar-refractivity contribution in [2.45, 2.75) is 52.8 Å². The van der Waals surface area contributed by atoms with E-state index in [1.54, 1.807) is 23.6 Å². The number of ether oxygens (including phenoxy) is 1. The third kappa shape index (κ3) is 7.80. The van der Waals surface area contributed by atoms with Crippen LogP contribution in [0, 0.1) is 22.9 Å². The minimum atomic E-state index is -0.528. The molecule has 0 radical (unpaired) electrons. The molecule has 0 amide bonds. The lowest BCUT2D eigenvalue weighted by atomic mass is 10.0. The molecule has 0 saturated heterocycles. The number of aromatic nitrogens is 3. The molecule has 5 rings (SSSR count). The number of likely N-dealkylation sites (N-methyl/N-ethyl adjacent to an activating group) is 1. The maximum absolute atomic E-state index is 13.6. The molecular formula is C27H37FN6O3. The first kappa shape index (κ1) is 28.2. The van der Waals surface area contributed by atoms with Gasteiger partial charge in [-0.1, -0.05) is 25.1 Å². The van der Waals surface area contributed by atoms with Gasteiger partial charge in [-0.15, -0.1) is 0 Å². The third-order valence-electron chi connectivity index (χ3n) is 6.05. The van der Waals surface area contributed by atoms with Crippen molar-refractivity contribution < 1.29 is 14.1 Å². The lowest BCUT2D eigenvalue weighted by Gasteiger charge is -2.24. The van der Waals surface area contributed by atoms with Gasteiger partial charge in [0.25, 0.3) is 0 Å². The number of nitrogens with zero attached hydrogens (tertiary/aromatic N) is 6. The first-order valence-corrected chi connectivity index (χ1v) is 12.5. The van der Waals surface area contributed by atoms with Gasteiger partial charge < -0.3 is 24.7 Å². The summed E-state index contributed by atoms with van der Waals surface area (Å²) < 4.78 is 20.4. The molecule has 3 aromatic rings. The van der Waals surface area contributed by atoms with Crippen LogP contribution in [0.15, 0.2) is 36.5 Å². The summed E-state index contributed by atoms with van der Waals surface area (Å²) in [6, 6.07) is 9.75. The van der Waals surface area contributed by atoms with Crippen molar-refractivity contribution in [3.8, 4) is 17.3 Å². The monoisotopic (exact) mass is 512 g/mol. The van der Waals surface area contributed by atoms with Gasteiger partial charge in [-0.05, 0) is 76.1 Å². The minimum Gasteiger partial charge on any atom is -0.441 e. The van der Waals surface area contributed by atoms with Crippen LogP contribution in [0.1, 0.15) is 37.1 Å². The molecule has 2 aromatic heterocycles. The highest BCUT2D eigenvalue weighted by Crippen LogP contribution is 2.25. The molecule has 2 aliphatic heterocycles. The minimum absolute atomic E-state index is 0.0632. The highest BCUT2D eigenvalue weighted by molar-refractivity contribution is 5.60. The average Bonchev–Trinajstić information content (AvgIpc) is 3.39. The molecule has 1 atom stereocenters. The summed E-state index contributed by atoms with van der Waals surface area (Å²) >= 11 is 0. The Balaban J connectivity index is 0.000000180. The Morgan fingerprint density at radius 2 is 2.00 bits per heavy atom. The first-order valence-electron chi connectivity index (χ1n) is 12.5. The standard InChI is InChI=1S/C16H17FN2.C6H7N3O3.C5H13N/c1-11-3-4-12(9-14(11)17)15-6-5-13-10-19(2)8-7-16(13)18-15;1-4-2-8-3-5(9(10)11)7-6(8)12-4;1-4-5-6(2)3/h3-6,9H,7-8,10H2,1-2H3;3-4H,2H2,1H3;4-5H2,1-3H3. The normalized spacial score (nSPS) is 16.1. The van der Waals surface area contributed by atoms with E-state index in [2.05, 4.69) is 48.9 Å². The second-order valence-corrected chi connectivity index (χ2v) is 9.78. The summed E-state index contributed by atoms with van der Waals surface area (Å²) in [5, 5.41) is 10.3. The summed E-state index contributed by atoms with van der Waals surface area (Å²) in [6.07, 6.45) is 3.67. The van der Waals surface area contributed by atoms with E-state index in [0.29, 0.717) is 18.1 Å². The third-order valence-corrected chi connectivity index (χ3v) is 6.05. The van der Waals surface area contributed by atoms with Gasteiger partial charge in [0.2, 0.25) is 0 Å². The quantitative estimate of drug-likeness (QED) is 0.369. The molecule has 9 nitrogen and oxygen atoms in total. The van der Waals surface area contributed by atoms with Gasteiger partial charge in [-0.25, -0.2) is 4.39 Å². The number of rotatable bonds is 4. The van der Waals surface area contributed by atoms with Crippen molar-refractivity contribution in [2.24, 2.45) is 0 Å². The molecule has 0 bridgehead atoms. The number of hydrogen-bond donors (Lipinski definition) is 0. The Hall–Kier alpha value is -3.37. The highest BCUT2D eigenvalue weighted by atomic mass is 19.1. The molecule has 0 aliphatic carbocycles. The smallest absolute Gasteiger partial charge is 0.414 e. The second kappa shape index (κ2) is 12.7. The van der Waals surface area contributed by atoms with Crippen LogP contribution in [0.2, 0.25) is 0 Å². The molecule has 0 saturated carbocycles. The topological polar surface area (TPSA) is 89.6 Å². The van der Waals surface area contributed by atoms with Crippen LogP contribution in [0.4, 0.5) is 10.2 Å². The van der Waals surface area contributed by atoms with E-state index in [-0.39, 0.29) is 17.7 Å². The number of aryl methyl sites for hydroxylation is 1. The molecule has 10 heteroatoms. The van der Waals surface area contributed by atoms with Crippen molar-refractivity contribution in [3.63, 3.8) is 0 Å². The summed E-state index contributed by atoms with van der Waals surface area (Å²) in [4.78, 5) is 22.6. The molecule has 1 aromatic carbocycles. The van der Waals surface area contributed by atoms with Crippen LogP contribution in [0.3, 0.4) is 0 Å². The van der Waals surface area contributed by atoms with Crippen LogP contribution >= 0.6 is 0 Å². The zero-order valence-corrected chi connectivity index (χ0v) is 22.6. The number of pyridine rings is 1. The summed E-state index contributed by atoms with van der Waals surface area (Å²) in [7, 11) is 6.29. The van der Waals surface area contributed by atoms with Crippen molar-refractivity contribution in [1.82, 2.24) is 24.3 Å². The fourth-order valence-electron chi connectivity index (χ4n) is 4.11. The van der Waals surface area contributed by atoms with E-state index in [9.17, 15) is 14.5 Å². The van der Waals surface area contributed by atoms with E-state index < -0.39 is 4.92 Å². The first-order chi connectivity index (χ1) is 17.6. The molecule has 37 heavy (non-hydrogen) atoms. The maximum atomic E-state index is 13.6. The molecular weight excluding hydrogens is 475 g/mol. The Morgan fingerprint density at radius 3 is 2.59 bits per heavy atom. The van der Waals surface area contributed by atoms with Crippen LogP contribution in [0.5, 0.6) is 6.01 Å². The molecule has 200 valence electrons. The van der Waals surface area contributed by atoms with E-state index in [1.165, 1.54) is 24.7 Å². The Morgan fingerprint density at radius 1 is 1.24 bits per heavy atom. The highest BCUT2D eigenvalue weighted by Gasteiger charge is 2.28. The number of imidazole rings is 1. The predicted molar refractivity (Wildman–Crippen MR) is 142 cm³/mol. The zero-order valence-electron chi connectivity index (χ0n) is 22.6. The van der Waals surface area contributed by atoms with Gasteiger partial charge in [-0.2, -0.15) is 0 Å². The van der Waals surface area contributed by atoms with E-state index in [1.807, 2.05) is 19.1 Å². The summed E-state index contributed by atoms with van der Waals surface area (Å²) in [6.45, 7) is 9.67. The lowest BCUT2D eigenvalue weighted by Crippen LogP contribution is -2.27. The van der Waals surface area contributed by atoms with Gasteiger partial charge in [0.15, 0.2) is 0 Å². The van der Waals surface area contributed by atoms with Gasteiger partial charge in [0.1, 0.15) is 18.1 Å². The van der Waals surface area contributed by atoms with Crippen molar-refractivity contribution in [3.05, 3.63) is 69.3 Å². The van der Waals surface area contributed by atoms with Crippen LogP contribution in [0.25, 0.3) is 11.3 Å². The van der Waals surface area contributed by atoms with Crippen molar-refractivity contribution in [1.29, 1.82) is 0 Å². The van der Waals surface area contributed by atoms with Gasteiger partial charge in [0.05, 0.1) is 12.2 Å². The number of benzene rings is 1. The van der Waals surface area contributed by atoms with Crippen LogP contribution in [-0.2, 0) is 19.5 Å². The van der Waals surface area contributed by atoms with E-state index in [0.717, 1.165) is 36.5 Å². The van der Waals surface area contributed by atoms with Gasteiger partial charge in [-0.3, -0.25) is 9.55 Å². The number of fused-ring (bicyclic) bond motifs is 2. The molecule has 0 fully saturated rings. The largest absolute Gasteiger partial charge is 0.441 e. The number of hydrogen-bond acceptors (Lipinski definition) is 7. The predicted octanol–water partition coefficient (Wildman–Crippen LogP) is 4.71. The Labute approximate surface area is 218 Å². The van der Waals surface area contributed by atoms with E-state index >= 15 is 0 Å². The SMILES string of the molecule is CC1Cn2cc([N+](=O)[O-])nc2O1.CCCN(C)C.Cc1ccc(-c2ccc3c(n2)CCN(C)C3)cc1F. The number of halogens is 1. The van der Waals surface area contributed by atoms with Crippen LogP contribution in [-0.4, -0.2) is 69.6 Å². The average molecular weight is 513 g/mol. The van der Waals surface area contributed by atoms with Crippen molar-refractivity contribution in [2.75, 3.05) is 34.2 Å². The second-order valence-electron chi connectivity index (χ2n) is 9.78. The molecule has 1 unspecified atom stereocenters. The van der Waals surface area contributed by atoms with Gasteiger partial charge in [0, 0.05) is 35.8 Å². The summed E-state index contributed by atoms with van der Waals surface area (Å²) in [5.41, 5.74) is 4.82. The molecule has 2 aliphatic rings. The van der Waals surface area contributed by atoms with Crippen molar-refractivity contribution >= 4 is 5.82 Å². The Kier molecular flexibility index (Phi) is 9.71. The van der Waals surface area contributed by atoms with Gasteiger partial charge >= 0.3 is 11.8 Å².